The smallest absolute Gasteiger partial charge is 0.139 e. The predicted molar refractivity (Wildman–Crippen MR) is 101 cm³/mol. The number of halogens is 2. The molecule has 0 aliphatic carbocycles. The number of hydrogen-bond donors (Lipinski definition) is 0. The summed E-state index contributed by atoms with van der Waals surface area (Å²) in [7, 11) is 0. The van der Waals surface area contributed by atoms with Crippen molar-refractivity contribution in [1.29, 1.82) is 0 Å². The van der Waals surface area contributed by atoms with Crippen LogP contribution in [0.4, 0.5) is 4.39 Å². The summed E-state index contributed by atoms with van der Waals surface area (Å²) in [5.74, 6) is 1.75. The normalized spacial score (nSPS) is 18.0. The average Bonchev–Trinajstić information content (AvgIpc) is 3.14. The summed E-state index contributed by atoms with van der Waals surface area (Å²) in [6.07, 6.45) is 4.09. The van der Waals surface area contributed by atoms with E-state index in [9.17, 15) is 4.39 Å². The minimum atomic E-state index is -0.197. The Balaban J connectivity index is 1.79. The molecule has 3 nitrogen and oxygen atoms in total. The highest BCUT2D eigenvalue weighted by Crippen LogP contribution is 2.45. The molecular formula is C18H21BrFN3S. The Kier molecular flexibility index (Phi) is 5.16. The Morgan fingerprint density at radius 1 is 1.29 bits per heavy atom. The quantitative estimate of drug-likeness (QED) is 0.696. The first-order valence-electron chi connectivity index (χ1n) is 8.05. The van der Waals surface area contributed by atoms with Crippen molar-refractivity contribution >= 4 is 27.7 Å². The van der Waals surface area contributed by atoms with Gasteiger partial charge in [-0.05, 0) is 53.4 Å². The second-order valence-corrected chi connectivity index (χ2v) is 9.29. The molecule has 0 bridgehead atoms. The van der Waals surface area contributed by atoms with Crippen LogP contribution in [0.15, 0.2) is 34.2 Å². The van der Waals surface area contributed by atoms with Crippen LogP contribution in [0, 0.1) is 12.7 Å². The summed E-state index contributed by atoms with van der Waals surface area (Å²) in [6.45, 7) is 7.27. The molecule has 128 valence electrons. The fourth-order valence-corrected chi connectivity index (χ4v) is 4.96. The van der Waals surface area contributed by atoms with E-state index in [0.717, 1.165) is 36.6 Å². The molecule has 2 heterocycles. The highest BCUT2D eigenvalue weighted by atomic mass is 79.9. The lowest BCUT2D eigenvalue weighted by molar-refractivity contribution is 0.439. The Labute approximate surface area is 154 Å². The zero-order chi connectivity index (χ0) is 17.3. The monoisotopic (exact) mass is 409 g/mol. The van der Waals surface area contributed by atoms with Gasteiger partial charge in [-0.3, -0.25) is 0 Å². The number of allylic oxidation sites excluding steroid dienone is 1. The summed E-state index contributed by atoms with van der Waals surface area (Å²) in [6, 6.07) is 6.70. The Bertz CT molecular complexity index is 752. The van der Waals surface area contributed by atoms with Crippen molar-refractivity contribution in [2.45, 2.75) is 50.8 Å². The van der Waals surface area contributed by atoms with Gasteiger partial charge in [0.1, 0.15) is 17.5 Å². The standard InChI is InChI=1S/C18H21BrFN3S/c1-12-21-22-17(18(2,3)15-8-9-16(19)24-15)23(12)11-10-13-4-6-14(20)7-5-13/h4-7,9,15H,8,10-11H2,1-3H3. The molecule has 6 heteroatoms. The minimum Gasteiger partial charge on any atom is -0.314 e. The van der Waals surface area contributed by atoms with Crippen molar-refractivity contribution in [3.05, 3.63) is 57.2 Å². The maximum Gasteiger partial charge on any atom is 0.139 e. The first-order valence-corrected chi connectivity index (χ1v) is 9.72. The zero-order valence-corrected chi connectivity index (χ0v) is 16.5. The summed E-state index contributed by atoms with van der Waals surface area (Å²) < 4.78 is 16.5. The largest absolute Gasteiger partial charge is 0.314 e. The molecule has 0 spiro atoms. The van der Waals surface area contributed by atoms with Gasteiger partial charge in [0.25, 0.3) is 0 Å². The number of benzene rings is 1. The van der Waals surface area contributed by atoms with Gasteiger partial charge in [0.15, 0.2) is 0 Å². The molecule has 1 aromatic heterocycles. The van der Waals surface area contributed by atoms with E-state index >= 15 is 0 Å². The number of hydrogen-bond acceptors (Lipinski definition) is 3. The molecule has 0 saturated heterocycles. The second kappa shape index (κ2) is 7.00. The van der Waals surface area contributed by atoms with Gasteiger partial charge in [-0.15, -0.1) is 22.0 Å². The predicted octanol–water partition coefficient (Wildman–Crippen LogP) is 4.99. The molecule has 0 saturated carbocycles. The lowest BCUT2D eigenvalue weighted by Crippen LogP contribution is -2.33. The van der Waals surface area contributed by atoms with E-state index in [-0.39, 0.29) is 11.2 Å². The Morgan fingerprint density at radius 3 is 2.62 bits per heavy atom. The van der Waals surface area contributed by atoms with Gasteiger partial charge in [-0.25, -0.2) is 4.39 Å². The van der Waals surface area contributed by atoms with E-state index in [4.69, 9.17) is 0 Å². The van der Waals surface area contributed by atoms with Crippen molar-refractivity contribution in [3.63, 3.8) is 0 Å². The average molecular weight is 410 g/mol. The summed E-state index contributed by atoms with van der Waals surface area (Å²) in [4.78, 5) is 0. The Morgan fingerprint density at radius 2 is 2.00 bits per heavy atom. The highest BCUT2D eigenvalue weighted by molar-refractivity contribution is 9.14. The van der Waals surface area contributed by atoms with Gasteiger partial charge in [-0.2, -0.15) is 0 Å². The SMILES string of the molecule is Cc1nnc(C(C)(C)C2CC=C(Br)S2)n1CCc1ccc(F)cc1. The topological polar surface area (TPSA) is 30.7 Å². The lowest BCUT2D eigenvalue weighted by Gasteiger charge is -2.30. The van der Waals surface area contributed by atoms with E-state index in [1.54, 1.807) is 0 Å². The third kappa shape index (κ3) is 3.59. The fraction of sp³-hybridized carbons (Fsp3) is 0.444. The fourth-order valence-electron chi connectivity index (χ4n) is 3.04. The van der Waals surface area contributed by atoms with Gasteiger partial charge in [0, 0.05) is 21.0 Å². The van der Waals surface area contributed by atoms with Crippen molar-refractivity contribution in [2.75, 3.05) is 0 Å². The van der Waals surface area contributed by atoms with E-state index in [1.165, 1.54) is 15.9 Å². The van der Waals surface area contributed by atoms with Crippen LogP contribution in [-0.4, -0.2) is 20.0 Å². The van der Waals surface area contributed by atoms with Gasteiger partial charge in [0.05, 0.1) is 0 Å². The number of rotatable bonds is 5. The molecule has 0 N–H and O–H groups in total. The maximum absolute atomic E-state index is 13.1. The third-order valence-corrected chi connectivity index (χ3v) is 6.94. The van der Waals surface area contributed by atoms with Crippen LogP contribution < -0.4 is 0 Å². The molecule has 3 rings (SSSR count). The number of thioether (sulfide) groups is 1. The minimum absolute atomic E-state index is 0.0826. The van der Waals surface area contributed by atoms with Gasteiger partial charge < -0.3 is 4.57 Å². The van der Waals surface area contributed by atoms with Gasteiger partial charge >= 0.3 is 0 Å². The van der Waals surface area contributed by atoms with E-state index in [1.807, 2.05) is 30.8 Å². The third-order valence-electron chi connectivity index (χ3n) is 4.60. The molecule has 1 aromatic carbocycles. The van der Waals surface area contributed by atoms with Crippen LogP contribution in [0.1, 0.15) is 37.5 Å². The Hall–Kier alpha value is -1.14. The van der Waals surface area contributed by atoms with Crippen LogP contribution in [0.25, 0.3) is 0 Å². The van der Waals surface area contributed by atoms with Crippen molar-refractivity contribution < 1.29 is 4.39 Å². The van der Waals surface area contributed by atoms with Crippen molar-refractivity contribution in [2.24, 2.45) is 0 Å². The van der Waals surface area contributed by atoms with Crippen LogP contribution in [-0.2, 0) is 18.4 Å². The molecule has 1 unspecified atom stereocenters. The van der Waals surface area contributed by atoms with Crippen LogP contribution >= 0.6 is 27.7 Å². The summed E-state index contributed by atoms with van der Waals surface area (Å²) in [5, 5.41) is 9.24. The van der Waals surface area contributed by atoms with Gasteiger partial charge in [0.2, 0.25) is 0 Å². The molecule has 0 radical (unpaired) electrons. The maximum atomic E-state index is 13.1. The van der Waals surface area contributed by atoms with Crippen molar-refractivity contribution in [3.8, 4) is 0 Å². The summed E-state index contributed by atoms with van der Waals surface area (Å²) >= 11 is 5.44. The van der Waals surface area contributed by atoms with Gasteiger partial charge in [-0.1, -0.05) is 32.1 Å². The van der Waals surface area contributed by atoms with Crippen molar-refractivity contribution in [1.82, 2.24) is 14.8 Å². The van der Waals surface area contributed by atoms with Crippen LogP contribution in [0.3, 0.4) is 0 Å². The van der Waals surface area contributed by atoms with E-state index < -0.39 is 0 Å². The first kappa shape index (κ1) is 17.7. The van der Waals surface area contributed by atoms with E-state index in [0.29, 0.717) is 5.25 Å². The van der Waals surface area contributed by atoms with Crippen LogP contribution in [0.2, 0.25) is 0 Å². The molecule has 0 fully saturated rings. The molecule has 0 amide bonds. The second-order valence-electron chi connectivity index (χ2n) is 6.67. The van der Waals surface area contributed by atoms with E-state index in [2.05, 4.69) is 50.6 Å². The van der Waals surface area contributed by atoms with Crippen LogP contribution in [0.5, 0.6) is 0 Å². The lowest BCUT2D eigenvalue weighted by atomic mass is 9.86. The summed E-state index contributed by atoms with van der Waals surface area (Å²) in [5.41, 5.74) is 1.04. The number of aromatic nitrogens is 3. The number of aryl methyl sites for hydroxylation is 2. The molecule has 24 heavy (non-hydrogen) atoms. The number of nitrogens with zero attached hydrogens (tertiary/aromatic N) is 3. The zero-order valence-electron chi connectivity index (χ0n) is 14.1. The molecule has 1 aliphatic heterocycles. The first-order chi connectivity index (χ1) is 11.4. The molecule has 2 aromatic rings. The molecule has 1 atom stereocenters. The highest BCUT2D eigenvalue weighted by Gasteiger charge is 2.38. The molecular weight excluding hydrogens is 389 g/mol. The molecule has 1 aliphatic rings.